The number of ether oxygens (including phenoxy) is 1. The topological polar surface area (TPSA) is 50.4 Å². The molecule has 0 bridgehead atoms. The summed E-state index contributed by atoms with van der Waals surface area (Å²) in [6.07, 6.45) is 0.836. The van der Waals surface area contributed by atoms with E-state index in [0.717, 1.165) is 17.5 Å². The molecule has 0 atom stereocenters. The van der Waals surface area contributed by atoms with Gasteiger partial charge in [0.2, 0.25) is 0 Å². The molecular weight excluding hydrogens is 332 g/mol. The second-order valence-electron chi connectivity index (χ2n) is 5.87. The predicted molar refractivity (Wildman–Crippen MR) is 103 cm³/mol. The van der Waals surface area contributed by atoms with Gasteiger partial charge in [-0.1, -0.05) is 42.5 Å². The number of benzene rings is 2. The van der Waals surface area contributed by atoms with E-state index in [9.17, 15) is 4.79 Å². The normalized spacial score (nSPS) is 10.8. The smallest absolute Gasteiger partial charge is 0.315 e. The summed E-state index contributed by atoms with van der Waals surface area (Å²) in [5.41, 5.74) is 3.48. The molecule has 0 spiro atoms. The highest BCUT2D eigenvalue weighted by molar-refractivity contribution is 7.17. The Morgan fingerprint density at radius 1 is 1.04 bits per heavy atom. The van der Waals surface area contributed by atoms with Crippen LogP contribution in [0.2, 0.25) is 0 Å². The Labute approximate surface area is 151 Å². The van der Waals surface area contributed by atoms with Crippen molar-refractivity contribution in [1.29, 1.82) is 0 Å². The van der Waals surface area contributed by atoms with Crippen LogP contribution in [0.15, 0.2) is 53.9 Å². The van der Waals surface area contributed by atoms with Gasteiger partial charge in [0.25, 0.3) is 0 Å². The SMILES string of the molecule is COCc1ccc(CNC(=O)NCCc2csc3ccccc23)cc1. The summed E-state index contributed by atoms with van der Waals surface area (Å²) in [4.78, 5) is 11.9. The van der Waals surface area contributed by atoms with Crippen LogP contribution in [0, 0.1) is 0 Å². The maximum Gasteiger partial charge on any atom is 0.315 e. The lowest BCUT2D eigenvalue weighted by molar-refractivity contribution is 0.185. The molecule has 2 N–H and O–H groups in total. The van der Waals surface area contributed by atoms with Gasteiger partial charge in [-0.2, -0.15) is 0 Å². The molecule has 2 aromatic carbocycles. The molecule has 0 aliphatic rings. The van der Waals surface area contributed by atoms with Gasteiger partial charge < -0.3 is 15.4 Å². The van der Waals surface area contributed by atoms with Gasteiger partial charge in [-0.3, -0.25) is 0 Å². The summed E-state index contributed by atoms with van der Waals surface area (Å²) in [5.74, 6) is 0. The van der Waals surface area contributed by atoms with Crippen molar-refractivity contribution < 1.29 is 9.53 Å². The predicted octanol–water partition coefficient (Wildman–Crippen LogP) is 4.09. The first-order valence-corrected chi connectivity index (χ1v) is 9.18. The molecule has 0 saturated carbocycles. The quantitative estimate of drug-likeness (QED) is 0.671. The van der Waals surface area contributed by atoms with E-state index in [1.807, 2.05) is 24.3 Å². The Kier molecular flexibility index (Phi) is 6.04. The van der Waals surface area contributed by atoms with Gasteiger partial charge in [0.15, 0.2) is 0 Å². The van der Waals surface area contributed by atoms with Crippen LogP contribution in [0.25, 0.3) is 10.1 Å². The lowest BCUT2D eigenvalue weighted by atomic mass is 10.1. The molecule has 25 heavy (non-hydrogen) atoms. The van der Waals surface area contributed by atoms with E-state index < -0.39 is 0 Å². The minimum atomic E-state index is -0.138. The molecule has 0 saturated heterocycles. The summed E-state index contributed by atoms with van der Waals surface area (Å²) >= 11 is 1.75. The molecule has 0 radical (unpaired) electrons. The van der Waals surface area contributed by atoms with Crippen LogP contribution in [-0.4, -0.2) is 19.7 Å². The molecule has 1 heterocycles. The Morgan fingerprint density at radius 2 is 1.80 bits per heavy atom. The van der Waals surface area contributed by atoms with Crippen LogP contribution in [0.1, 0.15) is 16.7 Å². The fourth-order valence-corrected chi connectivity index (χ4v) is 3.70. The Morgan fingerprint density at radius 3 is 2.60 bits per heavy atom. The molecule has 130 valence electrons. The van der Waals surface area contributed by atoms with Gasteiger partial charge in [-0.25, -0.2) is 4.79 Å². The molecule has 3 rings (SSSR count). The minimum absolute atomic E-state index is 0.138. The molecular formula is C20H22N2O2S. The number of carbonyl (C=O) groups excluding carboxylic acids is 1. The van der Waals surface area contributed by atoms with Crippen LogP contribution >= 0.6 is 11.3 Å². The van der Waals surface area contributed by atoms with Gasteiger partial charge in [0.05, 0.1) is 6.61 Å². The van der Waals surface area contributed by atoms with Crippen LogP contribution in [0.5, 0.6) is 0 Å². The second-order valence-corrected chi connectivity index (χ2v) is 6.78. The minimum Gasteiger partial charge on any atom is -0.380 e. The van der Waals surface area contributed by atoms with Crippen molar-refractivity contribution >= 4 is 27.5 Å². The Balaban J connectivity index is 1.42. The van der Waals surface area contributed by atoms with Gasteiger partial charge in [-0.15, -0.1) is 11.3 Å². The van der Waals surface area contributed by atoms with Crippen LogP contribution in [0.4, 0.5) is 4.79 Å². The maximum atomic E-state index is 11.9. The standard InChI is InChI=1S/C20H22N2O2S/c1-24-13-16-8-6-15(7-9-16)12-22-20(23)21-11-10-17-14-25-19-5-3-2-4-18(17)19/h2-9,14H,10-13H2,1H3,(H2,21,22,23). The van der Waals surface area contributed by atoms with Crippen molar-refractivity contribution in [3.8, 4) is 0 Å². The average molecular weight is 354 g/mol. The number of amides is 2. The number of urea groups is 1. The summed E-state index contributed by atoms with van der Waals surface area (Å²) in [5, 5.41) is 9.27. The Bertz CT molecular complexity index is 827. The zero-order valence-electron chi connectivity index (χ0n) is 14.2. The summed E-state index contributed by atoms with van der Waals surface area (Å²) in [6.45, 7) is 1.74. The first-order chi connectivity index (χ1) is 12.3. The van der Waals surface area contributed by atoms with Gasteiger partial charge in [-0.05, 0) is 39.9 Å². The van der Waals surface area contributed by atoms with Crippen LogP contribution < -0.4 is 10.6 Å². The summed E-state index contributed by atoms with van der Waals surface area (Å²) in [6, 6.07) is 16.3. The first-order valence-electron chi connectivity index (χ1n) is 8.30. The molecule has 0 unspecified atom stereocenters. The Hall–Kier alpha value is -2.37. The monoisotopic (exact) mass is 354 g/mol. The van der Waals surface area contributed by atoms with Crippen molar-refractivity contribution in [2.45, 2.75) is 19.6 Å². The number of thiophene rings is 1. The number of carbonyl (C=O) groups is 1. The highest BCUT2D eigenvalue weighted by Gasteiger charge is 2.05. The molecule has 0 aliphatic carbocycles. The zero-order chi connectivity index (χ0) is 17.5. The first kappa shape index (κ1) is 17.5. The van der Waals surface area contributed by atoms with Crippen molar-refractivity contribution in [3.05, 3.63) is 70.6 Å². The number of fused-ring (bicyclic) bond motifs is 1. The van der Waals surface area contributed by atoms with Crippen LogP contribution in [0.3, 0.4) is 0 Å². The number of rotatable bonds is 7. The van der Waals surface area contributed by atoms with Crippen molar-refractivity contribution in [3.63, 3.8) is 0 Å². The molecule has 3 aromatic rings. The van der Waals surface area contributed by atoms with E-state index in [1.165, 1.54) is 15.6 Å². The summed E-state index contributed by atoms with van der Waals surface area (Å²) in [7, 11) is 1.68. The highest BCUT2D eigenvalue weighted by Crippen LogP contribution is 2.25. The molecule has 0 fully saturated rings. The third kappa shape index (κ3) is 4.81. The number of nitrogens with one attached hydrogen (secondary N) is 2. The third-order valence-corrected chi connectivity index (χ3v) is 5.04. The van der Waals surface area contributed by atoms with Crippen molar-refractivity contribution in [1.82, 2.24) is 10.6 Å². The number of hydrogen-bond acceptors (Lipinski definition) is 3. The van der Waals surface area contributed by atoms with Gasteiger partial charge in [0.1, 0.15) is 0 Å². The fourth-order valence-electron chi connectivity index (χ4n) is 2.70. The third-order valence-electron chi connectivity index (χ3n) is 4.03. The number of methoxy groups -OCH3 is 1. The van der Waals surface area contributed by atoms with Crippen molar-refractivity contribution in [2.24, 2.45) is 0 Å². The van der Waals surface area contributed by atoms with Crippen LogP contribution in [-0.2, 0) is 24.3 Å². The lowest BCUT2D eigenvalue weighted by Crippen LogP contribution is -2.36. The molecule has 1 aromatic heterocycles. The maximum absolute atomic E-state index is 11.9. The lowest BCUT2D eigenvalue weighted by Gasteiger charge is -2.08. The van der Waals surface area contributed by atoms with E-state index in [4.69, 9.17) is 4.74 Å². The van der Waals surface area contributed by atoms with E-state index in [2.05, 4.69) is 40.3 Å². The molecule has 2 amide bonds. The fraction of sp³-hybridized carbons (Fsp3) is 0.250. The molecule has 5 heteroatoms. The van der Waals surface area contributed by atoms with E-state index >= 15 is 0 Å². The number of hydrogen-bond donors (Lipinski definition) is 2. The van der Waals surface area contributed by atoms with Crippen molar-refractivity contribution in [2.75, 3.05) is 13.7 Å². The van der Waals surface area contributed by atoms with E-state index in [0.29, 0.717) is 19.7 Å². The van der Waals surface area contributed by atoms with E-state index in [-0.39, 0.29) is 6.03 Å². The average Bonchev–Trinajstić information content (AvgIpc) is 3.05. The van der Waals surface area contributed by atoms with Gasteiger partial charge in [0, 0.05) is 24.9 Å². The summed E-state index contributed by atoms with van der Waals surface area (Å²) < 4.78 is 6.38. The highest BCUT2D eigenvalue weighted by atomic mass is 32.1. The second kappa shape index (κ2) is 8.65. The molecule has 0 aliphatic heterocycles. The van der Waals surface area contributed by atoms with E-state index in [1.54, 1.807) is 18.4 Å². The molecule has 4 nitrogen and oxygen atoms in total. The van der Waals surface area contributed by atoms with Gasteiger partial charge >= 0.3 is 6.03 Å². The largest absolute Gasteiger partial charge is 0.380 e. The zero-order valence-corrected chi connectivity index (χ0v) is 15.1.